The van der Waals surface area contributed by atoms with Crippen molar-refractivity contribution < 1.29 is 10.0 Å². The van der Waals surface area contributed by atoms with Gasteiger partial charge in [-0.15, -0.1) is 0 Å². The topological polar surface area (TPSA) is 92.1 Å². The van der Waals surface area contributed by atoms with E-state index < -0.39 is 0 Å². The van der Waals surface area contributed by atoms with Crippen LogP contribution >= 0.6 is 22.9 Å². The average Bonchev–Trinajstić information content (AvgIpc) is 2.91. The Bertz CT molecular complexity index is 773. The van der Waals surface area contributed by atoms with E-state index in [0.29, 0.717) is 17.1 Å². The molecule has 7 nitrogen and oxygen atoms in total. The molecule has 0 radical (unpaired) electrons. The van der Waals surface area contributed by atoms with Gasteiger partial charge in [-0.25, -0.2) is 4.98 Å². The van der Waals surface area contributed by atoms with Crippen LogP contribution in [0.4, 0.5) is 10.1 Å². The third-order valence-electron chi connectivity index (χ3n) is 3.33. The van der Waals surface area contributed by atoms with Crippen molar-refractivity contribution in [2.75, 3.05) is 10.2 Å². The summed E-state index contributed by atoms with van der Waals surface area (Å²) < 4.78 is 0. The number of hydrogen-bond acceptors (Lipinski definition) is 7. The molecule has 120 valence electrons. The first-order valence-corrected chi connectivity index (χ1v) is 7.95. The molecule has 1 aromatic carbocycles. The number of nitrogens with zero attached hydrogens (tertiary/aromatic N) is 4. The van der Waals surface area contributed by atoms with Gasteiger partial charge in [0.25, 0.3) is 0 Å². The van der Waals surface area contributed by atoms with Crippen LogP contribution in [0, 0.1) is 12.1 Å². The van der Waals surface area contributed by atoms with Crippen molar-refractivity contribution in [1.29, 1.82) is 0 Å². The number of carbonyl (C=O) groups is 1. The van der Waals surface area contributed by atoms with Gasteiger partial charge < -0.3 is 10.4 Å². The molecule has 0 fully saturated rings. The lowest BCUT2D eigenvalue weighted by Gasteiger charge is -2.21. The lowest BCUT2D eigenvalue weighted by Crippen LogP contribution is -2.31. The summed E-state index contributed by atoms with van der Waals surface area (Å²) in [4.78, 5) is 16.3. The Morgan fingerprint density at radius 2 is 2.04 bits per heavy atom. The summed E-state index contributed by atoms with van der Waals surface area (Å²) in [6, 6.07) is 7.18. The molecule has 0 unspecified atom stereocenters. The van der Waals surface area contributed by atoms with E-state index in [4.69, 9.17) is 16.8 Å². The van der Waals surface area contributed by atoms with Crippen LogP contribution in [0.5, 0.6) is 0 Å². The molecule has 2 heterocycles. The Hall–Kier alpha value is -2.00. The minimum atomic E-state index is -0.255. The molecule has 0 saturated heterocycles. The smallest absolute Gasteiger partial charge is 0.249 e. The Labute approximate surface area is 141 Å². The predicted molar refractivity (Wildman–Crippen MR) is 89.2 cm³/mol. The van der Waals surface area contributed by atoms with Gasteiger partial charge in [0.1, 0.15) is 5.00 Å². The predicted octanol–water partition coefficient (Wildman–Crippen LogP) is 3.33. The minimum absolute atomic E-state index is 0.0293. The number of benzene rings is 1. The van der Waals surface area contributed by atoms with Crippen LogP contribution in [0.2, 0.25) is 5.02 Å². The number of carbonyl (C=O) groups excluding carboxylic acids is 1. The Morgan fingerprint density at radius 1 is 1.35 bits per heavy atom. The highest BCUT2D eigenvalue weighted by atomic mass is 35.5. The third-order valence-corrected chi connectivity index (χ3v) is 4.67. The highest BCUT2D eigenvalue weighted by Crippen LogP contribution is 2.34. The van der Waals surface area contributed by atoms with Gasteiger partial charge >= 0.3 is 0 Å². The zero-order chi connectivity index (χ0) is 16.6. The average molecular weight is 352 g/mol. The van der Waals surface area contributed by atoms with Crippen molar-refractivity contribution >= 4 is 44.7 Å². The van der Waals surface area contributed by atoms with E-state index in [2.05, 4.69) is 10.1 Å². The van der Waals surface area contributed by atoms with Crippen LogP contribution in [0.1, 0.15) is 24.1 Å². The lowest BCUT2D eigenvalue weighted by molar-refractivity contribution is -0.118. The highest BCUT2D eigenvalue weighted by molar-refractivity contribution is 7.19. The summed E-state index contributed by atoms with van der Waals surface area (Å²) in [5, 5.41) is 26.3. The van der Waals surface area contributed by atoms with Gasteiger partial charge in [0.05, 0.1) is 11.4 Å². The zero-order valence-corrected chi connectivity index (χ0v) is 13.6. The molecule has 2 aromatic rings. The van der Waals surface area contributed by atoms with Crippen molar-refractivity contribution in [3.8, 4) is 0 Å². The Balaban J connectivity index is 1.97. The summed E-state index contributed by atoms with van der Waals surface area (Å²) in [5.41, 5.74) is 1.94. The van der Waals surface area contributed by atoms with Gasteiger partial charge in [-0.2, -0.15) is 10.1 Å². The zero-order valence-electron chi connectivity index (χ0n) is 12.1. The number of aromatic nitrogens is 1. The molecule has 1 aromatic heterocycles. The Morgan fingerprint density at radius 3 is 2.65 bits per heavy atom. The second-order valence-electron chi connectivity index (χ2n) is 4.92. The molecule has 1 N–H and O–H groups in total. The molecule has 1 amide bonds. The van der Waals surface area contributed by atoms with Crippen LogP contribution in [0.25, 0.3) is 0 Å². The molecule has 1 aliphatic rings. The van der Waals surface area contributed by atoms with Crippen molar-refractivity contribution in [3.63, 3.8) is 0 Å². The van der Waals surface area contributed by atoms with E-state index in [0.717, 1.165) is 22.6 Å². The van der Waals surface area contributed by atoms with E-state index in [1.807, 2.05) is 12.1 Å². The van der Waals surface area contributed by atoms with E-state index in [-0.39, 0.29) is 27.7 Å². The van der Waals surface area contributed by atoms with Crippen molar-refractivity contribution in [3.05, 3.63) is 45.8 Å². The number of hydrazone groups is 1. The number of rotatable bonds is 3. The lowest BCUT2D eigenvalue weighted by atomic mass is 10.0. The van der Waals surface area contributed by atoms with Gasteiger partial charge in [0.2, 0.25) is 11.0 Å². The van der Waals surface area contributed by atoms with Gasteiger partial charge in [0.15, 0.2) is 0 Å². The van der Waals surface area contributed by atoms with Crippen LogP contribution in [-0.4, -0.2) is 21.8 Å². The quantitative estimate of drug-likeness (QED) is 0.856. The largest absolute Gasteiger partial charge is 0.733 e. The van der Waals surface area contributed by atoms with Gasteiger partial charge in [-0.05, 0) is 24.6 Å². The molecule has 3 rings (SSSR count). The van der Waals surface area contributed by atoms with Crippen LogP contribution in [0.3, 0.4) is 0 Å². The fourth-order valence-electron chi connectivity index (χ4n) is 2.19. The molecule has 0 saturated carbocycles. The maximum Gasteiger partial charge on any atom is 0.249 e. The highest BCUT2D eigenvalue weighted by Gasteiger charge is 2.26. The molecular formula is C14H12ClN4O3S-. The summed E-state index contributed by atoms with van der Waals surface area (Å²) in [6.45, 7) is 1.58. The number of amides is 1. The standard InChI is InChI=1S/C14H12ClN4O3S/c1-8-13(19(21)22)23-14(16-8)18-12(20)7-6-11(17-18)9-2-4-10(15)5-3-9/h2-5,21H,6-7H2,1H3/q-1. The molecule has 0 spiro atoms. The summed E-state index contributed by atoms with van der Waals surface area (Å²) in [6.07, 6.45) is 0.803. The Kier molecular flexibility index (Phi) is 4.31. The maximum absolute atomic E-state index is 12.1. The molecule has 9 heteroatoms. The molecule has 0 bridgehead atoms. The minimum Gasteiger partial charge on any atom is -0.733 e. The number of anilines is 2. The van der Waals surface area contributed by atoms with Crippen LogP contribution in [-0.2, 0) is 4.79 Å². The van der Waals surface area contributed by atoms with Crippen molar-refractivity contribution in [2.24, 2.45) is 5.10 Å². The summed E-state index contributed by atoms with van der Waals surface area (Å²) in [5.74, 6) is -0.210. The fourth-order valence-corrected chi connectivity index (χ4v) is 3.18. The first kappa shape index (κ1) is 15.9. The summed E-state index contributed by atoms with van der Waals surface area (Å²) in [7, 11) is 0. The first-order chi connectivity index (χ1) is 11.0. The number of halogens is 1. The summed E-state index contributed by atoms with van der Waals surface area (Å²) >= 11 is 6.78. The monoisotopic (exact) mass is 351 g/mol. The van der Waals surface area contributed by atoms with E-state index in [1.54, 1.807) is 19.1 Å². The molecule has 1 aliphatic heterocycles. The maximum atomic E-state index is 12.1. The molecule has 0 aliphatic carbocycles. The SMILES string of the molecule is Cc1nc(N2N=C(c3ccc(Cl)cc3)CCC2=O)sc1N([O-])O. The van der Waals surface area contributed by atoms with Gasteiger partial charge in [0, 0.05) is 17.9 Å². The second-order valence-corrected chi connectivity index (χ2v) is 6.31. The van der Waals surface area contributed by atoms with Crippen LogP contribution < -0.4 is 10.2 Å². The van der Waals surface area contributed by atoms with Crippen molar-refractivity contribution in [1.82, 2.24) is 4.98 Å². The van der Waals surface area contributed by atoms with Crippen molar-refractivity contribution in [2.45, 2.75) is 19.8 Å². The van der Waals surface area contributed by atoms with Gasteiger partial charge in [-0.3, -0.25) is 10.0 Å². The first-order valence-electron chi connectivity index (χ1n) is 6.75. The molecular weight excluding hydrogens is 340 g/mol. The fraction of sp³-hybridized carbons (Fsp3) is 0.214. The van der Waals surface area contributed by atoms with E-state index in [1.165, 1.54) is 5.01 Å². The normalized spacial score (nSPS) is 14.9. The van der Waals surface area contributed by atoms with Crippen LogP contribution in [0.15, 0.2) is 29.4 Å². The number of hydrogen-bond donors (Lipinski definition) is 1. The van der Waals surface area contributed by atoms with Gasteiger partial charge in [-0.1, -0.05) is 35.1 Å². The third kappa shape index (κ3) is 3.20. The number of aryl methyl sites for hydroxylation is 1. The van der Waals surface area contributed by atoms with E-state index >= 15 is 0 Å². The second kappa shape index (κ2) is 6.25. The molecule has 0 atom stereocenters. The molecule has 23 heavy (non-hydrogen) atoms. The van der Waals surface area contributed by atoms with E-state index in [9.17, 15) is 10.0 Å². The number of thiazole rings is 1.